The van der Waals surface area contributed by atoms with Crippen molar-refractivity contribution in [2.45, 2.75) is 39.2 Å². The zero-order chi connectivity index (χ0) is 16.9. The Morgan fingerprint density at radius 1 is 1.21 bits per heavy atom. The van der Waals surface area contributed by atoms with E-state index in [4.69, 9.17) is 0 Å². The van der Waals surface area contributed by atoms with Crippen LogP contribution in [-0.2, 0) is 0 Å². The number of nitrogens with zero attached hydrogens (tertiary/aromatic N) is 1. The normalized spacial score (nSPS) is 16.8. The van der Waals surface area contributed by atoms with E-state index in [1.807, 2.05) is 24.3 Å². The number of aryl methyl sites for hydroxylation is 1. The van der Waals surface area contributed by atoms with E-state index in [9.17, 15) is 4.79 Å². The van der Waals surface area contributed by atoms with Crippen LogP contribution in [-0.4, -0.2) is 36.5 Å². The Kier molecular flexibility index (Phi) is 5.69. The second-order valence-electron chi connectivity index (χ2n) is 6.64. The number of rotatable bonds is 5. The summed E-state index contributed by atoms with van der Waals surface area (Å²) in [5.74, 6) is 0.0501. The highest BCUT2D eigenvalue weighted by molar-refractivity contribution is 7.17. The van der Waals surface area contributed by atoms with E-state index in [0.717, 1.165) is 24.5 Å². The minimum atomic E-state index is 0.0501. The molecule has 128 valence electrons. The van der Waals surface area contributed by atoms with Crippen LogP contribution in [0.15, 0.2) is 36.4 Å². The van der Waals surface area contributed by atoms with Gasteiger partial charge < -0.3 is 5.32 Å². The Morgan fingerprint density at radius 3 is 2.62 bits per heavy atom. The number of piperidine rings is 1. The van der Waals surface area contributed by atoms with Crippen LogP contribution in [0.25, 0.3) is 10.4 Å². The summed E-state index contributed by atoms with van der Waals surface area (Å²) in [6, 6.07) is 12.7. The summed E-state index contributed by atoms with van der Waals surface area (Å²) in [4.78, 5) is 17.0. The molecule has 1 aromatic carbocycles. The highest BCUT2D eigenvalue weighted by Crippen LogP contribution is 2.32. The van der Waals surface area contributed by atoms with Crippen LogP contribution in [0, 0.1) is 6.92 Å². The van der Waals surface area contributed by atoms with Crippen LogP contribution >= 0.6 is 11.3 Å². The van der Waals surface area contributed by atoms with E-state index in [1.165, 1.54) is 35.3 Å². The van der Waals surface area contributed by atoms with E-state index in [0.29, 0.717) is 6.04 Å². The van der Waals surface area contributed by atoms with Crippen molar-refractivity contribution in [1.82, 2.24) is 10.2 Å². The summed E-state index contributed by atoms with van der Waals surface area (Å²) in [7, 11) is 0. The lowest BCUT2D eigenvalue weighted by Crippen LogP contribution is -2.44. The van der Waals surface area contributed by atoms with Gasteiger partial charge in [-0.2, -0.15) is 0 Å². The maximum Gasteiger partial charge on any atom is 0.261 e. The quantitative estimate of drug-likeness (QED) is 0.877. The second kappa shape index (κ2) is 7.95. The predicted octanol–water partition coefficient (Wildman–Crippen LogP) is 4.33. The molecule has 1 amide bonds. The molecule has 4 heteroatoms. The third-order valence-electron chi connectivity index (χ3n) is 4.75. The molecular weight excluding hydrogens is 316 g/mol. The highest BCUT2D eigenvalue weighted by Gasteiger charge is 2.18. The number of likely N-dealkylation sites (tertiary alicyclic amines) is 1. The number of nitrogens with one attached hydrogen (secondary N) is 1. The number of hydrogen-bond acceptors (Lipinski definition) is 3. The van der Waals surface area contributed by atoms with Crippen molar-refractivity contribution in [2.24, 2.45) is 0 Å². The van der Waals surface area contributed by atoms with E-state index in [1.54, 1.807) is 11.3 Å². The van der Waals surface area contributed by atoms with Crippen molar-refractivity contribution < 1.29 is 4.79 Å². The minimum Gasteiger partial charge on any atom is -0.350 e. The summed E-state index contributed by atoms with van der Waals surface area (Å²) >= 11 is 1.58. The van der Waals surface area contributed by atoms with Gasteiger partial charge in [-0.3, -0.25) is 9.69 Å². The highest BCUT2D eigenvalue weighted by atomic mass is 32.1. The van der Waals surface area contributed by atoms with Crippen LogP contribution in [0.1, 0.15) is 41.4 Å². The molecule has 1 aliphatic rings. The fourth-order valence-electron chi connectivity index (χ4n) is 3.29. The standard InChI is InChI=1S/C20H26N2OS/c1-15-13-18(24-19(15)17-9-5-3-6-10-17)20(23)21-14-16(2)22-11-7-4-8-12-22/h3,5-6,9-10,13,16H,4,7-8,11-12,14H2,1-2H3,(H,21,23)/t16-/m1/s1. The zero-order valence-electron chi connectivity index (χ0n) is 14.5. The molecule has 1 N–H and O–H groups in total. The van der Waals surface area contributed by atoms with Gasteiger partial charge in [0.1, 0.15) is 0 Å². The molecule has 1 aliphatic heterocycles. The molecule has 3 nitrogen and oxygen atoms in total. The first kappa shape index (κ1) is 17.2. The molecule has 1 saturated heterocycles. The summed E-state index contributed by atoms with van der Waals surface area (Å²) < 4.78 is 0. The van der Waals surface area contributed by atoms with E-state index >= 15 is 0 Å². The van der Waals surface area contributed by atoms with Gasteiger partial charge in [0.25, 0.3) is 5.91 Å². The molecule has 0 radical (unpaired) electrons. The minimum absolute atomic E-state index is 0.0501. The molecule has 0 aliphatic carbocycles. The van der Waals surface area contributed by atoms with Crippen LogP contribution in [0.5, 0.6) is 0 Å². The fraction of sp³-hybridized carbons (Fsp3) is 0.450. The smallest absolute Gasteiger partial charge is 0.261 e. The first-order valence-electron chi connectivity index (χ1n) is 8.83. The second-order valence-corrected chi connectivity index (χ2v) is 7.70. The van der Waals surface area contributed by atoms with Gasteiger partial charge >= 0.3 is 0 Å². The Labute approximate surface area is 148 Å². The molecule has 24 heavy (non-hydrogen) atoms. The van der Waals surface area contributed by atoms with Crippen molar-refractivity contribution in [1.29, 1.82) is 0 Å². The maximum atomic E-state index is 12.5. The molecule has 0 unspecified atom stereocenters. The first-order valence-corrected chi connectivity index (χ1v) is 9.65. The van der Waals surface area contributed by atoms with Gasteiger partial charge in [0.2, 0.25) is 0 Å². The van der Waals surface area contributed by atoms with Gasteiger partial charge in [0.15, 0.2) is 0 Å². The van der Waals surface area contributed by atoms with Gasteiger partial charge in [-0.05, 0) is 57.0 Å². The van der Waals surface area contributed by atoms with Gasteiger partial charge in [-0.15, -0.1) is 11.3 Å². The molecule has 1 atom stereocenters. The number of benzene rings is 1. The van der Waals surface area contributed by atoms with Crippen molar-refractivity contribution in [3.8, 4) is 10.4 Å². The molecular formula is C20H26N2OS. The van der Waals surface area contributed by atoms with Crippen LogP contribution < -0.4 is 5.32 Å². The van der Waals surface area contributed by atoms with Crippen molar-refractivity contribution >= 4 is 17.2 Å². The summed E-state index contributed by atoms with van der Waals surface area (Å²) in [6.07, 6.45) is 3.90. The summed E-state index contributed by atoms with van der Waals surface area (Å²) in [5, 5.41) is 3.12. The van der Waals surface area contributed by atoms with Crippen LogP contribution in [0.3, 0.4) is 0 Å². The Balaban J connectivity index is 1.61. The molecule has 0 bridgehead atoms. The van der Waals surface area contributed by atoms with E-state index < -0.39 is 0 Å². The third-order valence-corrected chi connectivity index (χ3v) is 6.03. The average Bonchev–Trinajstić information content (AvgIpc) is 3.02. The molecule has 0 spiro atoms. The molecule has 2 aromatic rings. The maximum absolute atomic E-state index is 12.5. The number of hydrogen-bond donors (Lipinski definition) is 1. The topological polar surface area (TPSA) is 32.3 Å². The average molecular weight is 343 g/mol. The van der Waals surface area contributed by atoms with Gasteiger partial charge in [0, 0.05) is 17.5 Å². The Morgan fingerprint density at radius 2 is 1.92 bits per heavy atom. The SMILES string of the molecule is Cc1cc(C(=O)NC[C@@H](C)N2CCCCC2)sc1-c1ccccc1. The summed E-state index contributed by atoms with van der Waals surface area (Å²) in [6.45, 7) is 7.32. The lowest BCUT2D eigenvalue weighted by molar-refractivity contribution is 0.0934. The molecule has 0 saturated carbocycles. The lowest BCUT2D eigenvalue weighted by Gasteiger charge is -2.32. The number of amides is 1. The van der Waals surface area contributed by atoms with Gasteiger partial charge in [-0.1, -0.05) is 36.8 Å². The van der Waals surface area contributed by atoms with Crippen molar-refractivity contribution in [3.63, 3.8) is 0 Å². The Bertz CT molecular complexity index is 674. The van der Waals surface area contributed by atoms with E-state index in [2.05, 4.69) is 36.2 Å². The molecule has 3 rings (SSSR count). The van der Waals surface area contributed by atoms with Crippen molar-refractivity contribution in [3.05, 3.63) is 46.8 Å². The van der Waals surface area contributed by atoms with Gasteiger partial charge in [-0.25, -0.2) is 0 Å². The molecule has 1 aromatic heterocycles. The number of thiophene rings is 1. The predicted molar refractivity (Wildman–Crippen MR) is 102 cm³/mol. The van der Waals surface area contributed by atoms with Crippen LogP contribution in [0.2, 0.25) is 0 Å². The first-order chi connectivity index (χ1) is 11.6. The van der Waals surface area contributed by atoms with Gasteiger partial charge in [0.05, 0.1) is 4.88 Å². The zero-order valence-corrected chi connectivity index (χ0v) is 15.4. The fourth-order valence-corrected chi connectivity index (χ4v) is 4.38. The molecule has 2 heterocycles. The monoisotopic (exact) mass is 342 g/mol. The lowest BCUT2D eigenvalue weighted by atomic mass is 10.1. The van der Waals surface area contributed by atoms with E-state index in [-0.39, 0.29) is 5.91 Å². The van der Waals surface area contributed by atoms with Crippen molar-refractivity contribution in [2.75, 3.05) is 19.6 Å². The molecule has 1 fully saturated rings. The van der Waals surface area contributed by atoms with Crippen LogP contribution in [0.4, 0.5) is 0 Å². The number of carbonyl (C=O) groups excluding carboxylic acids is 1. The Hall–Kier alpha value is -1.65. The summed E-state index contributed by atoms with van der Waals surface area (Å²) in [5.41, 5.74) is 2.35. The largest absolute Gasteiger partial charge is 0.350 e. The number of carbonyl (C=O) groups is 1. The third kappa shape index (κ3) is 4.05.